The predicted molar refractivity (Wildman–Crippen MR) is 96.4 cm³/mol. The number of nitrogens with zero attached hydrogens (tertiary/aromatic N) is 5. The van der Waals surface area contributed by atoms with Crippen molar-refractivity contribution in [2.24, 2.45) is 5.92 Å². The van der Waals surface area contributed by atoms with Gasteiger partial charge in [-0.05, 0) is 56.7 Å². The third-order valence-corrected chi connectivity index (χ3v) is 5.62. The molecule has 2 aliphatic carbocycles. The molecule has 5 rings (SSSR count). The van der Waals surface area contributed by atoms with Crippen LogP contribution in [0.2, 0.25) is 0 Å². The molecule has 2 saturated carbocycles. The minimum atomic E-state index is 0.683. The maximum Gasteiger partial charge on any atom is 0.147 e. The van der Waals surface area contributed by atoms with Gasteiger partial charge in [-0.1, -0.05) is 6.07 Å². The highest BCUT2D eigenvalue weighted by Gasteiger charge is 2.36. The van der Waals surface area contributed by atoms with Crippen molar-refractivity contribution in [1.82, 2.24) is 24.6 Å². The second-order valence-corrected chi connectivity index (χ2v) is 7.84. The van der Waals surface area contributed by atoms with E-state index in [0.29, 0.717) is 17.9 Å². The molecule has 3 aliphatic rings. The summed E-state index contributed by atoms with van der Waals surface area (Å²) in [7, 11) is 0. The standard InChI is InChI=1S/C19H26N6/c1-2-9-20-17(3-1)21-11-14-8-10-24(12-14)13-18-22-23-19(15-4-5-15)25(18)16-6-7-16/h1-3,9,14-16H,4-8,10-13H2,(H,20,21). The Balaban J connectivity index is 1.19. The Bertz CT molecular complexity index is 719. The van der Waals surface area contributed by atoms with Gasteiger partial charge in [0.15, 0.2) is 0 Å². The molecule has 1 atom stereocenters. The van der Waals surface area contributed by atoms with Gasteiger partial charge in [-0.25, -0.2) is 4.98 Å². The maximum atomic E-state index is 4.57. The summed E-state index contributed by atoms with van der Waals surface area (Å²) in [6, 6.07) is 6.70. The van der Waals surface area contributed by atoms with Crippen LogP contribution in [0.3, 0.4) is 0 Å². The minimum Gasteiger partial charge on any atom is -0.370 e. The summed E-state index contributed by atoms with van der Waals surface area (Å²) in [5, 5.41) is 12.6. The van der Waals surface area contributed by atoms with Gasteiger partial charge < -0.3 is 9.88 Å². The molecule has 1 N–H and O–H groups in total. The largest absolute Gasteiger partial charge is 0.370 e. The van der Waals surface area contributed by atoms with E-state index in [-0.39, 0.29) is 0 Å². The highest BCUT2D eigenvalue weighted by molar-refractivity contribution is 5.33. The van der Waals surface area contributed by atoms with Gasteiger partial charge in [-0.3, -0.25) is 4.90 Å². The fraction of sp³-hybridized carbons (Fsp3) is 0.632. The Morgan fingerprint density at radius 3 is 2.76 bits per heavy atom. The summed E-state index contributed by atoms with van der Waals surface area (Å²) in [5.41, 5.74) is 0. The van der Waals surface area contributed by atoms with Crippen LogP contribution in [0.15, 0.2) is 24.4 Å². The van der Waals surface area contributed by atoms with E-state index in [2.05, 4.69) is 30.0 Å². The maximum absolute atomic E-state index is 4.57. The molecule has 0 radical (unpaired) electrons. The smallest absolute Gasteiger partial charge is 0.147 e. The molecule has 132 valence electrons. The lowest BCUT2D eigenvalue weighted by Crippen LogP contribution is -2.24. The lowest BCUT2D eigenvalue weighted by molar-refractivity contribution is 0.304. The van der Waals surface area contributed by atoms with Crippen molar-refractivity contribution in [3.63, 3.8) is 0 Å². The summed E-state index contributed by atoms with van der Waals surface area (Å²) < 4.78 is 2.48. The predicted octanol–water partition coefficient (Wildman–Crippen LogP) is 2.82. The second kappa shape index (κ2) is 6.41. The van der Waals surface area contributed by atoms with Crippen LogP contribution in [0, 0.1) is 5.92 Å². The van der Waals surface area contributed by atoms with Crippen molar-refractivity contribution in [3.05, 3.63) is 36.0 Å². The Kier molecular flexibility index (Phi) is 3.93. The first-order valence-corrected chi connectivity index (χ1v) is 9.68. The normalized spacial score (nSPS) is 23.9. The van der Waals surface area contributed by atoms with Gasteiger partial charge in [0.2, 0.25) is 0 Å². The lowest BCUT2D eigenvalue weighted by Gasteiger charge is -2.17. The average molecular weight is 338 g/mol. The van der Waals surface area contributed by atoms with E-state index in [1.165, 1.54) is 43.8 Å². The van der Waals surface area contributed by atoms with E-state index in [9.17, 15) is 0 Å². The number of pyridine rings is 1. The molecule has 2 aromatic rings. The number of aromatic nitrogens is 4. The quantitative estimate of drug-likeness (QED) is 0.841. The molecule has 3 fully saturated rings. The Morgan fingerprint density at radius 1 is 1.08 bits per heavy atom. The van der Waals surface area contributed by atoms with Gasteiger partial charge in [-0.15, -0.1) is 10.2 Å². The zero-order valence-electron chi connectivity index (χ0n) is 14.6. The van der Waals surface area contributed by atoms with Crippen molar-refractivity contribution >= 4 is 5.82 Å². The third-order valence-electron chi connectivity index (χ3n) is 5.62. The molecule has 25 heavy (non-hydrogen) atoms. The molecule has 0 spiro atoms. The molecule has 6 nitrogen and oxygen atoms in total. The molecule has 0 aromatic carbocycles. The SMILES string of the molecule is c1ccc(NCC2CCN(Cc3nnc(C4CC4)n3C3CC3)C2)nc1. The van der Waals surface area contributed by atoms with Crippen LogP contribution in [-0.4, -0.2) is 44.3 Å². The topological polar surface area (TPSA) is 58.9 Å². The highest BCUT2D eigenvalue weighted by Crippen LogP contribution is 2.44. The minimum absolute atomic E-state index is 0.683. The van der Waals surface area contributed by atoms with E-state index in [1.807, 2.05) is 24.4 Å². The number of anilines is 1. The highest BCUT2D eigenvalue weighted by atomic mass is 15.3. The van der Waals surface area contributed by atoms with Gasteiger partial charge in [0, 0.05) is 31.2 Å². The average Bonchev–Trinajstić information content (AvgIpc) is 3.57. The van der Waals surface area contributed by atoms with Crippen LogP contribution < -0.4 is 5.32 Å². The van der Waals surface area contributed by atoms with Crippen molar-refractivity contribution in [1.29, 1.82) is 0 Å². The number of hydrogen-bond donors (Lipinski definition) is 1. The van der Waals surface area contributed by atoms with E-state index >= 15 is 0 Å². The van der Waals surface area contributed by atoms with Crippen molar-refractivity contribution in [3.8, 4) is 0 Å². The van der Waals surface area contributed by atoms with Gasteiger partial charge in [-0.2, -0.15) is 0 Å². The van der Waals surface area contributed by atoms with Crippen LogP contribution in [0.25, 0.3) is 0 Å². The Morgan fingerprint density at radius 2 is 2.00 bits per heavy atom. The summed E-state index contributed by atoms with van der Waals surface area (Å²) >= 11 is 0. The van der Waals surface area contributed by atoms with Gasteiger partial charge in [0.05, 0.1) is 6.54 Å². The molecule has 0 amide bonds. The number of likely N-dealkylation sites (tertiary alicyclic amines) is 1. The number of nitrogens with one attached hydrogen (secondary N) is 1. The van der Waals surface area contributed by atoms with Gasteiger partial charge in [0.25, 0.3) is 0 Å². The van der Waals surface area contributed by atoms with Crippen molar-refractivity contribution in [2.45, 2.75) is 50.6 Å². The first kappa shape index (κ1) is 15.3. The zero-order valence-corrected chi connectivity index (χ0v) is 14.6. The monoisotopic (exact) mass is 338 g/mol. The molecular formula is C19H26N6. The third kappa shape index (κ3) is 3.40. The second-order valence-electron chi connectivity index (χ2n) is 7.84. The number of hydrogen-bond acceptors (Lipinski definition) is 5. The summed E-state index contributed by atoms with van der Waals surface area (Å²) in [4.78, 5) is 6.89. The molecule has 6 heteroatoms. The molecule has 1 aliphatic heterocycles. The Labute approximate surface area is 148 Å². The molecule has 0 bridgehead atoms. The molecule has 3 heterocycles. The van der Waals surface area contributed by atoms with Crippen LogP contribution in [-0.2, 0) is 6.54 Å². The van der Waals surface area contributed by atoms with Gasteiger partial charge in [0.1, 0.15) is 17.5 Å². The number of rotatable bonds is 7. The Hall–Kier alpha value is -1.95. The fourth-order valence-corrected chi connectivity index (χ4v) is 3.94. The molecule has 2 aromatic heterocycles. The van der Waals surface area contributed by atoms with Crippen LogP contribution in [0.5, 0.6) is 0 Å². The van der Waals surface area contributed by atoms with E-state index in [0.717, 1.165) is 32.0 Å². The molecule has 1 unspecified atom stereocenters. The first-order valence-electron chi connectivity index (χ1n) is 9.68. The lowest BCUT2D eigenvalue weighted by atomic mass is 10.1. The van der Waals surface area contributed by atoms with Crippen LogP contribution in [0.1, 0.15) is 55.7 Å². The van der Waals surface area contributed by atoms with Gasteiger partial charge >= 0.3 is 0 Å². The van der Waals surface area contributed by atoms with Crippen LogP contribution in [0.4, 0.5) is 5.82 Å². The van der Waals surface area contributed by atoms with E-state index < -0.39 is 0 Å². The first-order chi connectivity index (χ1) is 12.4. The van der Waals surface area contributed by atoms with Crippen LogP contribution >= 0.6 is 0 Å². The van der Waals surface area contributed by atoms with Crippen molar-refractivity contribution in [2.75, 3.05) is 25.0 Å². The fourth-order valence-electron chi connectivity index (χ4n) is 3.94. The molecule has 1 saturated heterocycles. The van der Waals surface area contributed by atoms with Crippen molar-refractivity contribution < 1.29 is 0 Å². The summed E-state index contributed by atoms with van der Waals surface area (Å²) in [6.45, 7) is 4.24. The summed E-state index contributed by atoms with van der Waals surface area (Å²) in [6.07, 6.45) is 8.30. The molecular weight excluding hydrogens is 312 g/mol. The van der Waals surface area contributed by atoms with E-state index in [1.54, 1.807) is 0 Å². The summed E-state index contributed by atoms with van der Waals surface area (Å²) in [5.74, 6) is 4.81. The zero-order chi connectivity index (χ0) is 16.6. The van der Waals surface area contributed by atoms with E-state index in [4.69, 9.17) is 0 Å².